The van der Waals surface area contributed by atoms with E-state index in [-0.39, 0.29) is 11.7 Å². The average molecular weight is 482 g/mol. The first-order chi connectivity index (χ1) is 17.4. The molecule has 0 aliphatic carbocycles. The maximum atomic E-state index is 12.9. The number of carbonyl (C=O) groups excluding carboxylic acids is 2. The van der Waals surface area contributed by atoms with E-state index in [0.717, 1.165) is 37.3 Å². The minimum absolute atomic E-state index is 0.0155. The summed E-state index contributed by atoms with van der Waals surface area (Å²) in [6.07, 6.45) is 1.63. The number of H-pyrrole nitrogens is 1. The number of aromatic amines is 1. The number of rotatable bonds is 6. The van der Waals surface area contributed by atoms with Gasteiger partial charge in [-0.1, -0.05) is 24.3 Å². The Kier molecular flexibility index (Phi) is 6.26. The van der Waals surface area contributed by atoms with Crippen molar-refractivity contribution >= 4 is 40.2 Å². The molecule has 1 amide bonds. The Morgan fingerprint density at radius 1 is 0.917 bits per heavy atom. The lowest BCUT2D eigenvalue weighted by Gasteiger charge is -2.34. The maximum absolute atomic E-state index is 12.9. The second kappa shape index (κ2) is 9.67. The molecule has 8 nitrogen and oxygen atoms in total. The number of piperazine rings is 1. The van der Waals surface area contributed by atoms with Gasteiger partial charge in [-0.15, -0.1) is 0 Å². The van der Waals surface area contributed by atoms with Crippen molar-refractivity contribution in [1.29, 1.82) is 0 Å². The van der Waals surface area contributed by atoms with Crippen LogP contribution in [0.1, 0.15) is 31.8 Å². The first-order valence-corrected chi connectivity index (χ1v) is 11.8. The van der Waals surface area contributed by atoms with E-state index < -0.39 is 5.91 Å². The van der Waals surface area contributed by atoms with Crippen LogP contribution < -0.4 is 10.6 Å². The van der Waals surface area contributed by atoms with Gasteiger partial charge in [0.25, 0.3) is 0 Å². The van der Waals surface area contributed by atoms with E-state index >= 15 is 0 Å². The third kappa shape index (κ3) is 4.71. The van der Waals surface area contributed by atoms with Gasteiger partial charge in [0.1, 0.15) is 0 Å². The molecule has 1 aliphatic rings. The predicted molar refractivity (Wildman–Crippen MR) is 142 cm³/mol. The Morgan fingerprint density at radius 2 is 1.56 bits per heavy atom. The lowest BCUT2D eigenvalue weighted by Crippen LogP contribution is -2.44. The molecule has 0 bridgehead atoms. The predicted octanol–water partition coefficient (Wildman–Crippen LogP) is 3.71. The van der Waals surface area contributed by atoms with Gasteiger partial charge in [-0.05, 0) is 49.5 Å². The van der Waals surface area contributed by atoms with Crippen LogP contribution in [0, 0.1) is 0 Å². The number of fused-ring (bicyclic) bond motifs is 1. The molecule has 8 heteroatoms. The van der Waals surface area contributed by atoms with Crippen molar-refractivity contribution in [3.63, 3.8) is 0 Å². The summed E-state index contributed by atoms with van der Waals surface area (Å²) in [5, 5.41) is 11.2. The minimum Gasteiger partial charge on any atom is -0.494 e. The van der Waals surface area contributed by atoms with Gasteiger partial charge in [0.15, 0.2) is 11.7 Å². The fraction of sp³-hybridized carbons (Fsp3) is 0.179. The van der Waals surface area contributed by atoms with Crippen LogP contribution in [0.5, 0.6) is 5.88 Å². The highest BCUT2D eigenvalue weighted by atomic mass is 16.3. The molecule has 1 saturated heterocycles. The quantitative estimate of drug-likeness (QED) is 0.287. The second-order valence-electron chi connectivity index (χ2n) is 8.98. The average Bonchev–Trinajstić information content (AvgIpc) is 3.21. The molecule has 5 rings (SSSR count). The Bertz CT molecular complexity index is 1450. The zero-order valence-electron chi connectivity index (χ0n) is 19.9. The van der Waals surface area contributed by atoms with Gasteiger partial charge in [0.05, 0.1) is 11.3 Å². The van der Waals surface area contributed by atoms with Crippen molar-refractivity contribution in [2.45, 2.75) is 0 Å². The highest BCUT2D eigenvalue weighted by Gasteiger charge is 2.16. The molecule has 4 N–H and O–H groups in total. The molecular weight excluding hydrogens is 454 g/mol. The fourth-order valence-electron chi connectivity index (χ4n) is 4.38. The standard InChI is InChI=1S/C28H27N5O3/c1-32-12-14-33(15-13-32)22-9-7-21(8-10-22)30-17-24-23-11-6-20(16-25(23)31-28(24)36)26(34)18-2-4-19(5-3-18)27(29)35/h2-11,16-17,31,36H,12-15H2,1H3,(H2,29,35). The van der Waals surface area contributed by atoms with Crippen molar-refractivity contribution in [1.82, 2.24) is 9.88 Å². The molecule has 0 atom stereocenters. The first kappa shape index (κ1) is 23.3. The summed E-state index contributed by atoms with van der Waals surface area (Å²) in [6.45, 7) is 4.11. The van der Waals surface area contributed by atoms with Gasteiger partial charge in [-0.2, -0.15) is 0 Å². The van der Waals surface area contributed by atoms with Crippen molar-refractivity contribution < 1.29 is 14.7 Å². The summed E-state index contributed by atoms with van der Waals surface area (Å²) in [7, 11) is 2.14. The normalized spacial score (nSPS) is 14.5. The van der Waals surface area contributed by atoms with Gasteiger partial charge in [-0.3, -0.25) is 14.6 Å². The molecule has 0 saturated carbocycles. The Balaban J connectivity index is 1.34. The molecule has 2 heterocycles. The fourth-order valence-corrected chi connectivity index (χ4v) is 4.38. The number of amides is 1. The van der Waals surface area contributed by atoms with E-state index in [4.69, 9.17) is 5.73 Å². The van der Waals surface area contributed by atoms with Gasteiger partial charge >= 0.3 is 0 Å². The van der Waals surface area contributed by atoms with E-state index in [1.54, 1.807) is 36.5 Å². The molecule has 3 aromatic carbocycles. The van der Waals surface area contributed by atoms with Crippen LogP contribution in [0.2, 0.25) is 0 Å². The number of carbonyl (C=O) groups is 2. The zero-order valence-corrected chi connectivity index (χ0v) is 19.9. The Morgan fingerprint density at radius 3 is 2.22 bits per heavy atom. The van der Waals surface area contributed by atoms with E-state index in [2.05, 4.69) is 39.0 Å². The number of likely N-dealkylation sites (N-methyl/N-ethyl adjacent to an activating group) is 1. The lowest BCUT2D eigenvalue weighted by atomic mass is 10.0. The van der Waals surface area contributed by atoms with Crippen LogP contribution in [0.15, 0.2) is 71.7 Å². The highest BCUT2D eigenvalue weighted by molar-refractivity contribution is 6.12. The topological polar surface area (TPSA) is 115 Å². The summed E-state index contributed by atoms with van der Waals surface area (Å²) < 4.78 is 0. The van der Waals surface area contributed by atoms with Crippen molar-refractivity contribution in [2.75, 3.05) is 38.1 Å². The molecule has 36 heavy (non-hydrogen) atoms. The molecule has 182 valence electrons. The maximum Gasteiger partial charge on any atom is 0.248 e. The monoisotopic (exact) mass is 481 g/mol. The number of hydrogen-bond donors (Lipinski definition) is 3. The van der Waals surface area contributed by atoms with Gasteiger partial charge in [-0.25, -0.2) is 0 Å². The Hall–Kier alpha value is -4.43. The van der Waals surface area contributed by atoms with Crippen LogP contribution in [0.4, 0.5) is 11.4 Å². The lowest BCUT2D eigenvalue weighted by molar-refractivity contribution is 0.0997. The second-order valence-corrected chi connectivity index (χ2v) is 8.98. The summed E-state index contributed by atoms with van der Waals surface area (Å²) in [5.74, 6) is -0.756. The summed E-state index contributed by atoms with van der Waals surface area (Å²) >= 11 is 0. The van der Waals surface area contributed by atoms with Crippen LogP contribution in [-0.2, 0) is 0 Å². The number of aromatic nitrogens is 1. The van der Waals surface area contributed by atoms with Gasteiger partial charge in [0.2, 0.25) is 5.91 Å². The van der Waals surface area contributed by atoms with Crippen LogP contribution >= 0.6 is 0 Å². The smallest absolute Gasteiger partial charge is 0.248 e. The van der Waals surface area contributed by atoms with Crippen molar-refractivity contribution in [2.24, 2.45) is 10.7 Å². The minimum atomic E-state index is -0.544. The number of primary amides is 1. The third-order valence-corrected chi connectivity index (χ3v) is 6.57. The van der Waals surface area contributed by atoms with Crippen LogP contribution in [0.25, 0.3) is 10.9 Å². The summed E-state index contributed by atoms with van der Waals surface area (Å²) in [5.41, 5.74) is 9.65. The number of nitrogens with two attached hydrogens (primary N) is 1. The molecule has 1 aliphatic heterocycles. The molecule has 0 unspecified atom stereocenters. The number of ketones is 1. The molecule has 0 spiro atoms. The Labute approximate surface area is 208 Å². The van der Waals surface area contributed by atoms with E-state index in [1.807, 2.05) is 12.1 Å². The molecular formula is C28H27N5O3. The number of nitrogens with one attached hydrogen (secondary N) is 1. The first-order valence-electron chi connectivity index (χ1n) is 11.8. The number of aromatic hydroxyl groups is 1. The van der Waals surface area contributed by atoms with Crippen molar-refractivity contribution in [3.05, 3.63) is 89.0 Å². The number of anilines is 1. The highest BCUT2D eigenvalue weighted by Crippen LogP contribution is 2.28. The molecule has 1 fully saturated rings. The van der Waals surface area contributed by atoms with E-state index in [9.17, 15) is 14.7 Å². The van der Waals surface area contributed by atoms with Gasteiger partial charge < -0.3 is 25.6 Å². The van der Waals surface area contributed by atoms with Crippen LogP contribution in [0.3, 0.4) is 0 Å². The number of benzene rings is 3. The van der Waals surface area contributed by atoms with Crippen molar-refractivity contribution in [3.8, 4) is 5.88 Å². The number of hydrogen-bond acceptors (Lipinski definition) is 6. The largest absolute Gasteiger partial charge is 0.494 e. The molecule has 4 aromatic rings. The number of nitrogens with zero attached hydrogens (tertiary/aromatic N) is 3. The number of aliphatic imine (C=N–C) groups is 1. The van der Waals surface area contributed by atoms with E-state index in [1.165, 1.54) is 17.8 Å². The molecule has 0 radical (unpaired) electrons. The van der Waals surface area contributed by atoms with E-state index in [0.29, 0.717) is 27.8 Å². The molecule has 1 aromatic heterocycles. The third-order valence-electron chi connectivity index (χ3n) is 6.57. The summed E-state index contributed by atoms with van der Waals surface area (Å²) in [4.78, 5) is 36.3. The van der Waals surface area contributed by atoms with Crippen LogP contribution in [-0.4, -0.2) is 66.1 Å². The zero-order chi connectivity index (χ0) is 25.2. The summed E-state index contributed by atoms with van der Waals surface area (Å²) in [6, 6.07) is 19.5. The SMILES string of the molecule is CN1CCN(c2ccc(N=Cc3c(O)[nH]c4cc(C(=O)c5ccc(C(N)=O)cc5)ccc34)cc2)CC1. The van der Waals surface area contributed by atoms with Gasteiger partial charge in [0, 0.05) is 65.7 Å².